The summed E-state index contributed by atoms with van der Waals surface area (Å²) in [6, 6.07) is 13.1. The minimum absolute atomic E-state index is 0.0733. The van der Waals surface area contributed by atoms with E-state index < -0.39 is 5.82 Å². The van der Waals surface area contributed by atoms with Crippen LogP contribution in [-0.4, -0.2) is 54.4 Å². The van der Waals surface area contributed by atoms with Crippen molar-refractivity contribution in [2.75, 3.05) is 26.7 Å². The van der Waals surface area contributed by atoms with Gasteiger partial charge in [0.15, 0.2) is 0 Å². The van der Waals surface area contributed by atoms with Gasteiger partial charge in [-0.05, 0) is 49.4 Å². The van der Waals surface area contributed by atoms with Gasteiger partial charge in [0, 0.05) is 20.1 Å². The van der Waals surface area contributed by atoms with Gasteiger partial charge in [-0.15, -0.1) is 0 Å². The molecule has 1 heterocycles. The smallest absolute Gasteiger partial charge is 0.257 e. The van der Waals surface area contributed by atoms with Gasteiger partial charge in [-0.25, -0.2) is 4.39 Å². The molecule has 166 valence electrons. The van der Waals surface area contributed by atoms with E-state index in [0.717, 1.165) is 12.8 Å². The second-order valence-corrected chi connectivity index (χ2v) is 8.50. The monoisotopic (exact) mass is 426 g/mol. The Morgan fingerprint density at radius 1 is 1.10 bits per heavy atom. The second kappa shape index (κ2) is 10.4. The van der Waals surface area contributed by atoms with Gasteiger partial charge in [0.25, 0.3) is 11.8 Å². The number of amides is 2. The van der Waals surface area contributed by atoms with Crippen LogP contribution in [0.15, 0.2) is 48.5 Å². The second-order valence-electron chi connectivity index (χ2n) is 8.50. The topological polar surface area (TPSA) is 49.9 Å². The average molecular weight is 427 g/mol. The van der Waals surface area contributed by atoms with E-state index in [1.54, 1.807) is 41.1 Å². The largest absolute Gasteiger partial charge is 0.491 e. The number of fused-ring (bicyclic) bond motifs is 1. The van der Waals surface area contributed by atoms with Crippen molar-refractivity contribution in [1.29, 1.82) is 0 Å². The molecule has 6 heteroatoms. The summed E-state index contributed by atoms with van der Waals surface area (Å²) in [5, 5.41) is 0. The fourth-order valence-electron chi connectivity index (χ4n) is 3.96. The average Bonchev–Trinajstić information content (AvgIpc) is 2.75. The number of halogens is 1. The fourth-order valence-corrected chi connectivity index (χ4v) is 3.96. The SMILES string of the molecule is CC(C)C[C@H]1COc2ccccc2C(=O)N(C)CCCCN1C(=O)c1ccccc1F. The maximum atomic E-state index is 14.4. The van der Waals surface area contributed by atoms with Gasteiger partial charge >= 0.3 is 0 Å². The molecule has 5 nitrogen and oxygen atoms in total. The van der Waals surface area contributed by atoms with Crippen molar-refractivity contribution < 1.29 is 18.7 Å². The van der Waals surface area contributed by atoms with E-state index >= 15 is 0 Å². The van der Waals surface area contributed by atoms with E-state index in [1.165, 1.54) is 12.1 Å². The lowest BCUT2D eigenvalue weighted by Crippen LogP contribution is -2.45. The van der Waals surface area contributed by atoms with Crippen LogP contribution in [0.25, 0.3) is 0 Å². The molecule has 0 bridgehead atoms. The molecule has 0 saturated carbocycles. The van der Waals surface area contributed by atoms with E-state index in [2.05, 4.69) is 13.8 Å². The van der Waals surface area contributed by atoms with Crippen molar-refractivity contribution in [1.82, 2.24) is 9.80 Å². The molecule has 31 heavy (non-hydrogen) atoms. The molecular formula is C25H31FN2O3. The molecule has 2 amide bonds. The number of para-hydroxylation sites is 1. The molecule has 2 aromatic rings. The van der Waals surface area contributed by atoms with Crippen LogP contribution in [0.2, 0.25) is 0 Å². The normalized spacial score (nSPS) is 18.1. The van der Waals surface area contributed by atoms with Crippen LogP contribution in [0.4, 0.5) is 4.39 Å². The highest BCUT2D eigenvalue weighted by Gasteiger charge is 2.29. The molecule has 0 aromatic heterocycles. The molecule has 0 aliphatic carbocycles. The third-order valence-electron chi connectivity index (χ3n) is 5.59. The van der Waals surface area contributed by atoms with E-state index in [0.29, 0.717) is 36.7 Å². The molecule has 0 saturated heterocycles. The first kappa shape index (κ1) is 22.8. The van der Waals surface area contributed by atoms with Gasteiger partial charge < -0.3 is 14.5 Å². The Balaban J connectivity index is 1.95. The van der Waals surface area contributed by atoms with Gasteiger partial charge in [-0.1, -0.05) is 38.1 Å². The Morgan fingerprint density at radius 3 is 2.52 bits per heavy atom. The molecule has 0 N–H and O–H groups in total. The molecular weight excluding hydrogens is 395 g/mol. The van der Waals surface area contributed by atoms with Crippen molar-refractivity contribution >= 4 is 11.8 Å². The lowest BCUT2D eigenvalue weighted by Gasteiger charge is -2.34. The third kappa shape index (κ3) is 5.63. The summed E-state index contributed by atoms with van der Waals surface area (Å²) in [6.45, 7) is 5.48. The quantitative estimate of drug-likeness (QED) is 0.719. The summed E-state index contributed by atoms with van der Waals surface area (Å²) < 4.78 is 20.5. The standard InChI is InChI=1S/C25H31FN2O3/c1-18(2)16-19-17-31-23-13-7-5-11-21(23)24(29)27(3)14-8-9-15-28(19)25(30)20-10-4-6-12-22(20)26/h4-7,10-13,18-19H,8-9,14-17H2,1-3H3/t19-/m0/s1. The predicted molar refractivity (Wildman–Crippen MR) is 119 cm³/mol. The summed E-state index contributed by atoms with van der Waals surface area (Å²) in [6.07, 6.45) is 2.19. The summed E-state index contributed by atoms with van der Waals surface area (Å²) >= 11 is 0. The molecule has 1 aliphatic rings. The van der Waals surface area contributed by atoms with Crippen LogP contribution in [0.3, 0.4) is 0 Å². The Labute approximate surface area is 183 Å². The van der Waals surface area contributed by atoms with E-state index in [4.69, 9.17) is 4.74 Å². The summed E-state index contributed by atoms with van der Waals surface area (Å²) in [5.41, 5.74) is 0.594. The molecule has 0 radical (unpaired) electrons. The first-order chi connectivity index (χ1) is 14.9. The van der Waals surface area contributed by atoms with Crippen molar-refractivity contribution in [3.05, 3.63) is 65.5 Å². The zero-order valence-electron chi connectivity index (χ0n) is 18.5. The molecule has 1 atom stereocenters. The van der Waals surface area contributed by atoms with Crippen molar-refractivity contribution in [3.8, 4) is 5.75 Å². The summed E-state index contributed by atoms with van der Waals surface area (Å²) in [5.74, 6) is -0.0797. The van der Waals surface area contributed by atoms with Crippen LogP contribution in [-0.2, 0) is 0 Å². The van der Waals surface area contributed by atoms with E-state index in [1.807, 2.05) is 12.1 Å². The van der Waals surface area contributed by atoms with E-state index in [-0.39, 0.29) is 30.0 Å². The number of ether oxygens (including phenoxy) is 1. The minimum Gasteiger partial charge on any atom is -0.491 e. The Hall–Kier alpha value is -2.89. The minimum atomic E-state index is -0.515. The van der Waals surface area contributed by atoms with Crippen LogP contribution in [0.1, 0.15) is 53.8 Å². The van der Waals surface area contributed by atoms with Gasteiger partial charge in [0.2, 0.25) is 0 Å². The molecule has 0 fully saturated rings. The lowest BCUT2D eigenvalue weighted by atomic mass is 10.0. The molecule has 3 rings (SSSR count). The number of carbonyl (C=O) groups is 2. The van der Waals surface area contributed by atoms with Crippen molar-refractivity contribution in [3.63, 3.8) is 0 Å². The highest BCUT2D eigenvalue weighted by Crippen LogP contribution is 2.24. The van der Waals surface area contributed by atoms with Crippen LogP contribution < -0.4 is 4.74 Å². The first-order valence-electron chi connectivity index (χ1n) is 10.9. The molecule has 2 aromatic carbocycles. The predicted octanol–water partition coefficient (Wildman–Crippen LogP) is 4.63. The van der Waals surface area contributed by atoms with Gasteiger partial charge in [0.1, 0.15) is 18.2 Å². The summed E-state index contributed by atoms with van der Waals surface area (Å²) in [7, 11) is 1.77. The third-order valence-corrected chi connectivity index (χ3v) is 5.59. The summed E-state index contributed by atoms with van der Waals surface area (Å²) in [4.78, 5) is 29.6. The number of benzene rings is 2. The Kier molecular flexibility index (Phi) is 7.66. The highest BCUT2D eigenvalue weighted by atomic mass is 19.1. The first-order valence-corrected chi connectivity index (χ1v) is 10.9. The maximum Gasteiger partial charge on any atom is 0.257 e. The van der Waals surface area contributed by atoms with E-state index in [9.17, 15) is 14.0 Å². The molecule has 0 spiro atoms. The highest BCUT2D eigenvalue weighted by molar-refractivity contribution is 5.97. The Morgan fingerprint density at radius 2 is 1.77 bits per heavy atom. The molecule has 0 unspecified atom stereocenters. The van der Waals surface area contributed by atoms with Crippen LogP contribution >= 0.6 is 0 Å². The van der Waals surface area contributed by atoms with Gasteiger partial charge in [-0.3, -0.25) is 9.59 Å². The van der Waals surface area contributed by atoms with Gasteiger partial charge in [0.05, 0.1) is 17.2 Å². The Bertz CT molecular complexity index is 915. The molecule has 1 aliphatic heterocycles. The maximum absolute atomic E-state index is 14.4. The number of rotatable bonds is 3. The van der Waals surface area contributed by atoms with Crippen LogP contribution in [0.5, 0.6) is 5.75 Å². The van der Waals surface area contributed by atoms with Crippen molar-refractivity contribution in [2.45, 2.75) is 39.2 Å². The zero-order chi connectivity index (χ0) is 22.4. The zero-order valence-corrected chi connectivity index (χ0v) is 18.5. The van der Waals surface area contributed by atoms with Gasteiger partial charge in [-0.2, -0.15) is 0 Å². The number of hydrogen-bond acceptors (Lipinski definition) is 3. The lowest BCUT2D eigenvalue weighted by molar-refractivity contribution is 0.0554. The number of hydrogen-bond donors (Lipinski definition) is 0. The number of carbonyl (C=O) groups excluding carboxylic acids is 2. The van der Waals surface area contributed by atoms with Crippen molar-refractivity contribution in [2.24, 2.45) is 5.92 Å². The fraction of sp³-hybridized carbons (Fsp3) is 0.440. The number of nitrogens with zero attached hydrogens (tertiary/aromatic N) is 2. The van der Waals surface area contributed by atoms with Crippen LogP contribution in [0, 0.1) is 11.7 Å².